The van der Waals surface area contributed by atoms with Gasteiger partial charge in [-0.3, -0.25) is 0 Å². The summed E-state index contributed by atoms with van der Waals surface area (Å²) in [5.74, 6) is 0. The van der Waals surface area contributed by atoms with Crippen molar-refractivity contribution in [3.63, 3.8) is 0 Å². The summed E-state index contributed by atoms with van der Waals surface area (Å²) in [7, 11) is -5.09. The van der Waals surface area contributed by atoms with Gasteiger partial charge < -0.3 is 0 Å². The Kier molecular flexibility index (Phi) is 2.29. The van der Waals surface area contributed by atoms with Gasteiger partial charge in [-0.15, -0.1) is 0 Å². The van der Waals surface area contributed by atoms with Crippen LogP contribution in [0.2, 0.25) is 0 Å². The molecule has 0 aliphatic carbocycles. The molecule has 0 aromatic rings. The summed E-state index contributed by atoms with van der Waals surface area (Å²) < 4.78 is 55.9. The zero-order valence-corrected chi connectivity index (χ0v) is 5.84. The van der Waals surface area contributed by atoms with E-state index in [2.05, 4.69) is 3.23 Å². The van der Waals surface area contributed by atoms with E-state index in [0.29, 0.717) is 0 Å². The molecule has 0 aliphatic rings. The first kappa shape index (κ1) is 8.96. The van der Waals surface area contributed by atoms with Crippen molar-refractivity contribution in [1.29, 1.82) is 0 Å². The molecule has 0 aromatic heterocycles. The zero-order valence-electron chi connectivity index (χ0n) is 3.75. The molecule has 0 bridgehead atoms. The third kappa shape index (κ3) is 7.96. The number of hydrogen-bond donors (Lipinski definition) is 2. The van der Waals surface area contributed by atoms with Crippen LogP contribution in [0.5, 0.6) is 0 Å². The Balaban J connectivity index is 4.46. The van der Waals surface area contributed by atoms with Gasteiger partial charge in [-0.1, -0.05) is 0 Å². The van der Waals surface area contributed by atoms with E-state index >= 15 is 0 Å². The van der Waals surface area contributed by atoms with Gasteiger partial charge in [0.15, 0.2) is 0 Å². The van der Waals surface area contributed by atoms with Crippen molar-refractivity contribution in [2.45, 2.75) is 0 Å². The van der Waals surface area contributed by atoms with E-state index in [1.807, 2.05) is 0 Å². The van der Waals surface area contributed by atoms with Crippen molar-refractivity contribution >= 4 is 10.4 Å². The van der Waals surface area contributed by atoms with Crippen molar-refractivity contribution in [3.05, 3.63) is 0 Å². The summed E-state index contributed by atoms with van der Waals surface area (Å²) in [6.07, 6.45) is 0. The number of hydrogen-bond acceptors (Lipinski definition) is 5. The van der Waals surface area contributed by atoms with Crippen LogP contribution in [0.3, 0.4) is 0 Å². The molecule has 9 heavy (non-hydrogen) atoms. The summed E-state index contributed by atoms with van der Waals surface area (Å²) in [6.45, 7) is 0. The van der Waals surface area contributed by atoms with E-state index in [1.54, 1.807) is 0 Å². The molecular weight excluding hydrogens is 196 g/mol. The van der Waals surface area contributed by atoms with Gasteiger partial charge in [-0.2, -0.15) is 0 Å². The fraction of sp³-hybridized carbons (Fsp3) is 0. The molecule has 0 unspecified atom stereocenters. The first-order valence-electron chi connectivity index (χ1n) is 1.37. The van der Waals surface area contributed by atoms with Crippen molar-refractivity contribution in [2.24, 2.45) is 0 Å². The van der Waals surface area contributed by atoms with Crippen LogP contribution in [-0.2, 0) is 34.9 Å². The van der Waals surface area contributed by atoms with Crippen LogP contribution in [0.1, 0.15) is 0 Å². The monoisotopic (exact) mass is 198 g/mol. The van der Waals surface area contributed by atoms with E-state index in [0.717, 1.165) is 0 Å². The molecule has 2 N–H and O–H groups in total. The van der Waals surface area contributed by atoms with Crippen LogP contribution < -0.4 is 0 Å². The molecule has 56 valence electrons. The Morgan fingerprint density at radius 2 is 1.67 bits per heavy atom. The van der Waals surface area contributed by atoms with E-state index in [-0.39, 0.29) is 0 Å². The maximum absolute atomic E-state index is 9.51. The molecule has 0 rings (SSSR count). The third-order valence-corrected chi connectivity index (χ3v) is 2.13. The molecule has 0 amide bonds. The molecule has 0 saturated carbocycles. The molecule has 0 heterocycles. The van der Waals surface area contributed by atoms with Gasteiger partial charge in [-0.05, 0) is 0 Å². The summed E-state index contributed by atoms with van der Waals surface area (Å²) in [6, 6.07) is 0. The van der Waals surface area contributed by atoms with Crippen LogP contribution >= 0.6 is 0 Å². The van der Waals surface area contributed by atoms with E-state index in [4.69, 9.17) is 8.71 Å². The molecule has 0 saturated heterocycles. The summed E-state index contributed by atoms with van der Waals surface area (Å²) in [5, 5.41) is 0. The van der Waals surface area contributed by atoms with Gasteiger partial charge in [0.1, 0.15) is 0 Å². The summed E-state index contributed by atoms with van der Waals surface area (Å²) in [4.78, 5) is 0. The maximum atomic E-state index is 9.51. The van der Waals surface area contributed by atoms with E-state index in [1.165, 1.54) is 0 Å². The van der Waals surface area contributed by atoms with Gasteiger partial charge in [0.2, 0.25) is 0 Å². The molecule has 0 aliphatic heterocycles. The molecule has 7 nitrogen and oxygen atoms in total. The van der Waals surface area contributed by atoms with Crippen LogP contribution in [0, 0.1) is 0 Å². The van der Waals surface area contributed by atoms with E-state index in [9.17, 15) is 16.0 Å². The second-order valence-corrected chi connectivity index (χ2v) is 3.89. The Hall–Kier alpha value is -0.0375. The normalized spacial score (nSPS) is 13.6. The predicted octanol–water partition coefficient (Wildman–Crippen LogP) is -1.53. The molecule has 0 spiro atoms. The minimum absolute atomic E-state index is 2.75. The van der Waals surface area contributed by atoms with Gasteiger partial charge in [-0.25, -0.2) is 0 Å². The fourth-order valence-electron chi connectivity index (χ4n) is 0.109. The van der Waals surface area contributed by atoms with Gasteiger partial charge in [0, 0.05) is 0 Å². The molecule has 0 atom stereocenters. The first-order valence-corrected chi connectivity index (χ1v) is 4.86. The average Bonchev–Trinajstić information content (AvgIpc) is 1.14. The van der Waals surface area contributed by atoms with Crippen LogP contribution in [0.25, 0.3) is 0 Å². The van der Waals surface area contributed by atoms with Crippen LogP contribution in [0.4, 0.5) is 0 Å². The Morgan fingerprint density at radius 1 is 1.33 bits per heavy atom. The first-order chi connectivity index (χ1) is 3.71. The topological polar surface area (TPSA) is 118 Å². The van der Waals surface area contributed by atoms with Crippen molar-refractivity contribution < 1.29 is 41.6 Å². The Labute approximate surface area is 52.6 Å². The SMILES string of the molecule is O=S(=O)(O)[O][Cr](=[O])(=[O])[OH]. The molecule has 9 heteroatoms. The standard InChI is InChI=1S/Cr.H2O4S.H2O.2O/c;1-5(2,3)4;;;/h;(H2,1,2,3,4);1H2;;/q+2;;;;/p-2. The molecule has 0 aromatic carbocycles. The zero-order chi connectivity index (χ0) is 7.71. The number of rotatable bonds is 2. The predicted molar refractivity (Wildman–Crippen MR) is 16.2 cm³/mol. The van der Waals surface area contributed by atoms with Gasteiger partial charge in [0.05, 0.1) is 0 Å². The van der Waals surface area contributed by atoms with Crippen LogP contribution in [0.15, 0.2) is 0 Å². The second kappa shape index (κ2) is 2.30. The summed E-state index contributed by atoms with van der Waals surface area (Å²) >= 11 is -5.79. The minimum atomic E-state index is -5.79. The summed E-state index contributed by atoms with van der Waals surface area (Å²) in [5.41, 5.74) is 0. The van der Waals surface area contributed by atoms with Crippen molar-refractivity contribution in [3.8, 4) is 0 Å². The Morgan fingerprint density at radius 3 is 1.67 bits per heavy atom. The molecule has 0 radical (unpaired) electrons. The average molecular weight is 198 g/mol. The van der Waals surface area contributed by atoms with E-state index < -0.39 is 24.0 Å². The van der Waals surface area contributed by atoms with Crippen molar-refractivity contribution in [2.75, 3.05) is 0 Å². The van der Waals surface area contributed by atoms with Gasteiger partial charge >= 0.3 is 52.0 Å². The van der Waals surface area contributed by atoms with Crippen LogP contribution in [-0.4, -0.2) is 17.1 Å². The van der Waals surface area contributed by atoms with Gasteiger partial charge in [0.25, 0.3) is 0 Å². The quantitative estimate of drug-likeness (QED) is 0.516. The molecular formula is H2CrO7S. The molecule has 0 fully saturated rings. The third-order valence-electron chi connectivity index (χ3n) is 0.172. The Bertz CT molecular complexity index is 234. The second-order valence-electron chi connectivity index (χ2n) is 0.924. The van der Waals surface area contributed by atoms with Crippen molar-refractivity contribution in [1.82, 2.24) is 0 Å². The fourth-order valence-corrected chi connectivity index (χ4v) is 1.34.